The van der Waals surface area contributed by atoms with Crippen LogP contribution in [0.1, 0.15) is 121 Å². The van der Waals surface area contributed by atoms with Gasteiger partial charge in [0.2, 0.25) is 11.8 Å². The number of hydrogen-bond donors (Lipinski definition) is 3. The normalized spacial score (nSPS) is 15.7. The highest BCUT2D eigenvalue weighted by Crippen LogP contribution is 2.27. The summed E-state index contributed by atoms with van der Waals surface area (Å²) in [5, 5.41) is 15.9. The zero-order valence-electron chi connectivity index (χ0n) is 25.7. The first-order valence-electron chi connectivity index (χ1n) is 15.2. The van der Waals surface area contributed by atoms with Crippen molar-refractivity contribution in [3.63, 3.8) is 0 Å². The van der Waals surface area contributed by atoms with E-state index in [0.717, 1.165) is 74.5 Å². The lowest BCUT2D eigenvalue weighted by Gasteiger charge is -2.35. The zero-order chi connectivity index (χ0) is 29.7. The lowest BCUT2D eigenvalue weighted by molar-refractivity contribution is -0.143. The van der Waals surface area contributed by atoms with Gasteiger partial charge < -0.3 is 25.4 Å². The predicted molar refractivity (Wildman–Crippen MR) is 159 cm³/mol. The van der Waals surface area contributed by atoms with Crippen molar-refractivity contribution in [2.24, 2.45) is 0 Å². The highest BCUT2D eigenvalue weighted by molar-refractivity contribution is 5.92. The molecule has 0 aliphatic heterocycles. The number of hydrogen-bond acceptors (Lipinski definition) is 5. The summed E-state index contributed by atoms with van der Waals surface area (Å²) in [4.78, 5) is 42.1. The molecule has 0 heterocycles. The van der Waals surface area contributed by atoms with E-state index in [1.165, 1.54) is 12.8 Å². The number of nitrogens with one attached hydrogen (secondary N) is 2. The maximum atomic E-state index is 14.0. The molecule has 8 nitrogen and oxygen atoms in total. The summed E-state index contributed by atoms with van der Waals surface area (Å²) in [7, 11) is 0. The van der Waals surface area contributed by atoms with Gasteiger partial charge in [0, 0.05) is 12.6 Å². The number of nitrogens with zero attached hydrogens (tertiary/aromatic N) is 1. The molecule has 0 aromatic heterocycles. The van der Waals surface area contributed by atoms with E-state index in [0.29, 0.717) is 6.54 Å². The maximum absolute atomic E-state index is 14.0. The zero-order valence-corrected chi connectivity index (χ0v) is 25.7. The Hall–Kier alpha value is -2.61. The summed E-state index contributed by atoms with van der Waals surface area (Å²) in [6.07, 6.45) is 10.5. The Balaban J connectivity index is 2.40. The number of benzene rings is 1. The molecule has 1 fully saturated rings. The van der Waals surface area contributed by atoms with Gasteiger partial charge in [-0.25, -0.2) is 4.79 Å². The van der Waals surface area contributed by atoms with E-state index in [1.807, 2.05) is 32.0 Å². The highest BCUT2D eigenvalue weighted by atomic mass is 16.6. The molecule has 0 saturated heterocycles. The number of carbonyl (C=O) groups is 3. The molecule has 2 unspecified atom stereocenters. The molecule has 0 radical (unpaired) electrons. The number of alkyl carbamates (subject to hydrolysis) is 1. The van der Waals surface area contributed by atoms with Crippen LogP contribution >= 0.6 is 0 Å². The molecule has 1 aliphatic rings. The van der Waals surface area contributed by atoms with Gasteiger partial charge in [-0.15, -0.1) is 0 Å². The Morgan fingerprint density at radius 2 is 1.65 bits per heavy atom. The molecule has 226 valence electrons. The van der Waals surface area contributed by atoms with Crippen molar-refractivity contribution in [2.45, 2.75) is 136 Å². The van der Waals surface area contributed by atoms with E-state index in [2.05, 4.69) is 17.6 Å². The fourth-order valence-corrected chi connectivity index (χ4v) is 5.20. The minimum atomic E-state index is -1.23. The fraction of sp³-hybridized carbons (Fsp3) is 0.719. The quantitative estimate of drug-likeness (QED) is 0.247. The number of aryl methyl sites for hydroxylation is 2. The van der Waals surface area contributed by atoms with Crippen molar-refractivity contribution < 1.29 is 24.2 Å². The second-order valence-electron chi connectivity index (χ2n) is 12.3. The molecule has 1 aromatic carbocycles. The van der Waals surface area contributed by atoms with Gasteiger partial charge in [0.15, 0.2) is 0 Å². The SMILES string of the molecule is CCCCCCCCN(C(=O)C(CO)NC(=O)OC(C)(C)C)C(C(=O)NC1CCCCC1)c1ccc(C)c(C)c1. The summed E-state index contributed by atoms with van der Waals surface area (Å²) in [5.41, 5.74) is 2.10. The molecule has 2 atom stereocenters. The van der Waals surface area contributed by atoms with E-state index in [4.69, 9.17) is 4.74 Å². The number of rotatable bonds is 14. The van der Waals surface area contributed by atoms with Gasteiger partial charge in [-0.3, -0.25) is 9.59 Å². The van der Waals surface area contributed by atoms with E-state index in [9.17, 15) is 19.5 Å². The summed E-state index contributed by atoms with van der Waals surface area (Å²) in [5.74, 6) is -0.715. The van der Waals surface area contributed by atoms with E-state index >= 15 is 0 Å². The van der Waals surface area contributed by atoms with Crippen LogP contribution in [-0.4, -0.2) is 58.8 Å². The number of aliphatic hydroxyl groups is 1. The standard InChI is InChI=1S/C32H53N3O5/c1-7-8-9-10-11-15-20-35(30(38)27(22-36)34-31(39)40-32(4,5)6)28(25-19-18-23(2)24(3)21-25)29(37)33-26-16-13-12-14-17-26/h18-19,21,26-28,36H,7-17,20,22H2,1-6H3,(H,33,37)(H,34,39). The second-order valence-corrected chi connectivity index (χ2v) is 12.3. The molecule has 1 aliphatic carbocycles. The van der Waals surface area contributed by atoms with Gasteiger partial charge in [-0.1, -0.05) is 76.5 Å². The molecular formula is C32H53N3O5. The van der Waals surface area contributed by atoms with Crippen LogP contribution in [0.2, 0.25) is 0 Å². The van der Waals surface area contributed by atoms with Crippen LogP contribution in [0.4, 0.5) is 4.79 Å². The summed E-state index contributed by atoms with van der Waals surface area (Å²) in [6.45, 7) is 11.1. The molecular weight excluding hydrogens is 506 g/mol. The van der Waals surface area contributed by atoms with Crippen molar-refractivity contribution in [2.75, 3.05) is 13.2 Å². The van der Waals surface area contributed by atoms with E-state index < -0.39 is 36.3 Å². The van der Waals surface area contributed by atoms with Gasteiger partial charge in [0.05, 0.1) is 6.61 Å². The Morgan fingerprint density at radius 1 is 1.00 bits per heavy atom. The second kappa shape index (κ2) is 16.6. The van der Waals surface area contributed by atoms with E-state index in [-0.39, 0.29) is 11.9 Å². The first-order valence-corrected chi connectivity index (χ1v) is 15.2. The third kappa shape index (κ3) is 11.1. The number of unbranched alkanes of at least 4 members (excludes halogenated alkanes) is 5. The Morgan fingerprint density at radius 3 is 2.25 bits per heavy atom. The van der Waals surface area contributed by atoms with Crippen molar-refractivity contribution in [3.05, 3.63) is 34.9 Å². The van der Waals surface area contributed by atoms with Crippen molar-refractivity contribution in [3.8, 4) is 0 Å². The third-order valence-electron chi connectivity index (χ3n) is 7.57. The third-order valence-corrected chi connectivity index (χ3v) is 7.57. The number of aliphatic hydroxyl groups excluding tert-OH is 1. The van der Waals surface area contributed by atoms with Crippen LogP contribution < -0.4 is 10.6 Å². The van der Waals surface area contributed by atoms with Crippen molar-refractivity contribution in [1.82, 2.24) is 15.5 Å². The molecule has 1 aromatic rings. The van der Waals surface area contributed by atoms with Crippen LogP contribution in [0, 0.1) is 13.8 Å². The molecule has 1 saturated carbocycles. The Kier molecular flexibility index (Phi) is 13.9. The highest BCUT2D eigenvalue weighted by Gasteiger charge is 2.36. The Labute approximate surface area is 241 Å². The lowest BCUT2D eigenvalue weighted by atomic mass is 9.94. The predicted octanol–water partition coefficient (Wildman–Crippen LogP) is 5.87. The lowest BCUT2D eigenvalue weighted by Crippen LogP contribution is -2.55. The van der Waals surface area contributed by atoms with Crippen LogP contribution in [0.25, 0.3) is 0 Å². The molecule has 3 amide bonds. The minimum Gasteiger partial charge on any atom is -0.444 e. The Bertz CT molecular complexity index is 952. The van der Waals surface area contributed by atoms with Crippen LogP contribution in [0.5, 0.6) is 0 Å². The number of amides is 3. The largest absolute Gasteiger partial charge is 0.444 e. The van der Waals surface area contributed by atoms with Crippen molar-refractivity contribution in [1.29, 1.82) is 0 Å². The van der Waals surface area contributed by atoms with Crippen LogP contribution in [-0.2, 0) is 14.3 Å². The monoisotopic (exact) mass is 559 g/mol. The summed E-state index contributed by atoms with van der Waals surface area (Å²) < 4.78 is 5.35. The van der Waals surface area contributed by atoms with Crippen LogP contribution in [0.15, 0.2) is 18.2 Å². The van der Waals surface area contributed by atoms with Gasteiger partial charge in [0.1, 0.15) is 17.7 Å². The molecule has 0 spiro atoms. The first kappa shape index (κ1) is 33.6. The van der Waals surface area contributed by atoms with Gasteiger partial charge >= 0.3 is 6.09 Å². The molecule has 8 heteroatoms. The average Bonchev–Trinajstić information content (AvgIpc) is 2.89. The summed E-state index contributed by atoms with van der Waals surface area (Å²) in [6, 6.07) is 3.82. The topological polar surface area (TPSA) is 108 Å². The number of ether oxygens (including phenoxy) is 1. The fourth-order valence-electron chi connectivity index (χ4n) is 5.20. The van der Waals surface area contributed by atoms with Gasteiger partial charge in [-0.2, -0.15) is 0 Å². The first-order chi connectivity index (χ1) is 19.0. The van der Waals surface area contributed by atoms with Gasteiger partial charge in [0.25, 0.3) is 0 Å². The maximum Gasteiger partial charge on any atom is 0.408 e. The average molecular weight is 560 g/mol. The minimum absolute atomic E-state index is 0.0785. The molecule has 3 N–H and O–H groups in total. The summed E-state index contributed by atoms with van der Waals surface area (Å²) >= 11 is 0. The molecule has 2 rings (SSSR count). The molecule has 40 heavy (non-hydrogen) atoms. The van der Waals surface area contributed by atoms with Crippen molar-refractivity contribution >= 4 is 17.9 Å². The van der Waals surface area contributed by atoms with E-state index in [1.54, 1.807) is 25.7 Å². The smallest absolute Gasteiger partial charge is 0.408 e. The number of carbonyl (C=O) groups excluding carboxylic acids is 3. The molecule has 0 bridgehead atoms. The van der Waals surface area contributed by atoms with Gasteiger partial charge in [-0.05, 0) is 70.6 Å². The van der Waals surface area contributed by atoms with Crippen LogP contribution in [0.3, 0.4) is 0 Å².